The minimum absolute atomic E-state index is 0.116. The molecular formula is C16H23N4O5S+. The highest BCUT2D eigenvalue weighted by Crippen LogP contribution is 2.26. The van der Waals surface area contributed by atoms with Crippen LogP contribution in [-0.2, 0) is 14.8 Å². The van der Waals surface area contributed by atoms with Gasteiger partial charge in [-0.05, 0) is 13.0 Å². The summed E-state index contributed by atoms with van der Waals surface area (Å²) in [5.41, 5.74) is -0.431. The second-order valence-corrected chi connectivity index (χ2v) is 7.95. The van der Waals surface area contributed by atoms with E-state index in [0.29, 0.717) is 19.6 Å². The smallest absolute Gasteiger partial charge is 0.289 e. The summed E-state index contributed by atoms with van der Waals surface area (Å²) < 4.78 is 26.8. The van der Waals surface area contributed by atoms with Crippen LogP contribution in [0.3, 0.4) is 0 Å². The number of piperazine rings is 1. The van der Waals surface area contributed by atoms with Gasteiger partial charge in [-0.15, -0.1) is 6.58 Å². The van der Waals surface area contributed by atoms with Gasteiger partial charge in [-0.2, -0.15) is 4.31 Å². The molecule has 1 aromatic carbocycles. The quantitative estimate of drug-likeness (QED) is 0.363. The number of hydrogen-bond acceptors (Lipinski definition) is 5. The number of carbonyl (C=O) groups excluding carboxylic acids is 1. The van der Waals surface area contributed by atoms with Gasteiger partial charge >= 0.3 is 0 Å². The summed E-state index contributed by atoms with van der Waals surface area (Å²) in [6.45, 7) is 7.01. The molecule has 1 aliphatic heterocycles. The van der Waals surface area contributed by atoms with Crippen LogP contribution in [0.5, 0.6) is 0 Å². The third-order valence-electron chi connectivity index (χ3n) is 4.47. The molecule has 142 valence electrons. The Labute approximate surface area is 152 Å². The van der Waals surface area contributed by atoms with Crippen molar-refractivity contribution >= 4 is 21.6 Å². The number of hydrogen-bond donors (Lipinski definition) is 2. The Morgan fingerprint density at radius 3 is 2.62 bits per heavy atom. The summed E-state index contributed by atoms with van der Waals surface area (Å²) in [4.78, 5) is 23.1. The summed E-state index contributed by atoms with van der Waals surface area (Å²) in [6, 6.07) is 5.01. The van der Waals surface area contributed by atoms with E-state index in [4.69, 9.17) is 0 Å². The summed E-state index contributed by atoms with van der Waals surface area (Å²) >= 11 is 0. The molecule has 0 spiro atoms. The SMILES string of the molecule is C=CCNC(=O)[C@@H](C)[NH+]1CCN(S(=O)(=O)c2ccccc2[N+](=O)[O-])CC1. The molecule has 1 atom stereocenters. The van der Waals surface area contributed by atoms with Crippen molar-refractivity contribution in [1.82, 2.24) is 9.62 Å². The van der Waals surface area contributed by atoms with E-state index in [1.54, 1.807) is 13.0 Å². The number of nitrogens with one attached hydrogen (secondary N) is 2. The van der Waals surface area contributed by atoms with Crippen molar-refractivity contribution in [3.05, 3.63) is 47.0 Å². The van der Waals surface area contributed by atoms with E-state index in [2.05, 4.69) is 11.9 Å². The summed E-state index contributed by atoms with van der Waals surface area (Å²) in [5.74, 6) is -0.116. The lowest BCUT2D eigenvalue weighted by atomic mass is 10.2. The van der Waals surface area contributed by atoms with Crippen LogP contribution >= 0.6 is 0 Å². The fourth-order valence-electron chi connectivity index (χ4n) is 2.92. The number of para-hydroxylation sites is 1. The topological polar surface area (TPSA) is 114 Å². The lowest BCUT2D eigenvalue weighted by molar-refractivity contribution is -0.917. The first-order chi connectivity index (χ1) is 12.3. The number of nitro benzene ring substituents is 1. The van der Waals surface area contributed by atoms with Gasteiger partial charge in [0.05, 0.1) is 31.1 Å². The number of carbonyl (C=O) groups is 1. The first-order valence-electron chi connectivity index (χ1n) is 8.25. The molecule has 0 saturated carbocycles. The zero-order valence-electron chi connectivity index (χ0n) is 14.6. The number of sulfonamides is 1. The fourth-order valence-corrected chi connectivity index (χ4v) is 4.52. The molecule has 0 aromatic heterocycles. The van der Waals surface area contributed by atoms with E-state index in [-0.39, 0.29) is 29.9 Å². The number of amides is 1. The molecule has 2 rings (SSSR count). The van der Waals surface area contributed by atoms with Crippen molar-refractivity contribution < 1.29 is 23.0 Å². The van der Waals surface area contributed by atoms with Gasteiger partial charge in [-0.25, -0.2) is 8.42 Å². The van der Waals surface area contributed by atoms with Crippen LogP contribution in [0.2, 0.25) is 0 Å². The van der Waals surface area contributed by atoms with Crippen LogP contribution in [0.4, 0.5) is 5.69 Å². The second kappa shape index (κ2) is 8.39. The zero-order chi connectivity index (χ0) is 19.3. The molecule has 1 heterocycles. The molecule has 1 saturated heterocycles. The largest absolute Gasteiger partial charge is 0.347 e. The molecule has 0 aliphatic carbocycles. The highest BCUT2D eigenvalue weighted by atomic mass is 32.2. The standard InChI is InChI=1S/C16H22N4O5S/c1-3-8-17-16(21)13(2)18-9-11-19(12-10-18)26(24,25)15-7-5-4-6-14(15)20(22)23/h3-7,13H,1,8-12H2,2H3,(H,17,21)/p+1/t13-/m1/s1. The Bertz CT molecular complexity index is 788. The van der Waals surface area contributed by atoms with Crippen LogP contribution in [0.25, 0.3) is 0 Å². The number of quaternary nitrogens is 1. The second-order valence-electron chi connectivity index (χ2n) is 6.04. The van der Waals surface area contributed by atoms with Gasteiger partial charge < -0.3 is 10.2 Å². The van der Waals surface area contributed by atoms with Gasteiger partial charge in [0.15, 0.2) is 10.9 Å². The molecule has 1 aliphatic rings. The highest BCUT2D eigenvalue weighted by molar-refractivity contribution is 7.89. The van der Waals surface area contributed by atoms with Crippen molar-refractivity contribution in [2.45, 2.75) is 17.9 Å². The van der Waals surface area contributed by atoms with Crippen molar-refractivity contribution in [3.63, 3.8) is 0 Å². The predicted molar refractivity (Wildman–Crippen MR) is 95.2 cm³/mol. The van der Waals surface area contributed by atoms with E-state index in [0.717, 1.165) is 4.90 Å². The fraction of sp³-hybridized carbons (Fsp3) is 0.438. The van der Waals surface area contributed by atoms with Gasteiger partial charge in [0.1, 0.15) is 0 Å². The number of benzene rings is 1. The minimum atomic E-state index is -3.96. The van der Waals surface area contributed by atoms with E-state index in [1.165, 1.54) is 28.6 Å². The van der Waals surface area contributed by atoms with Crippen molar-refractivity contribution in [2.75, 3.05) is 32.7 Å². The molecule has 1 fully saturated rings. The summed E-state index contributed by atoms with van der Waals surface area (Å²) in [6.07, 6.45) is 1.59. The molecule has 0 bridgehead atoms. The maximum absolute atomic E-state index is 12.8. The molecule has 9 nitrogen and oxygen atoms in total. The van der Waals surface area contributed by atoms with Crippen molar-refractivity contribution in [2.24, 2.45) is 0 Å². The van der Waals surface area contributed by atoms with E-state index in [9.17, 15) is 23.3 Å². The first-order valence-corrected chi connectivity index (χ1v) is 9.69. The normalized spacial score (nSPS) is 17.4. The Kier molecular flexibility index (Phi) is 6.46. The number of nitrogens with zero attached hydrogens (tertiary/aromatic N) is 2. The van der Waals surface area contributed by atoms with Gasteiger partial charge in [0, 0.05) is 12.6 Å². The molecule has 10 heteroatoms. The van der Waals surface area contributed by atoms with Gasteiger partial charge in [0.2, 0.25) is 10.0 Å². The molecule has 2 N–H and O–H groups in total. The third-order valence-corrected chi connectivity index (χ3v) is 6.42. The van der Waals surface area contributed by atoms with Crippen LogP contribution in [0, 0.1) is 10.1 Å². The van der Waals surface area contributed by atoms with Gasteiger partial charge in [-0.1, -0.05) is 18.2 Å². The van der Waals surface area contributed by atoms with E-state index < -0.39 is 20.6 Å². The number of nitro groups is 1. The number of rotatable bonds is 7. The minimum Gasteiger partial charge on any atom is -0.347 e. The van der Waals surface area contributed by atoms with E-state index in [1.807, 2.05) is 0 Å². The first kappa shape index (κ1) is 20.0. The Morgan fingerprint density at radius 1 is 1.42 bits per heavy atom. The Hall–Kier alpha value is -2.30. The van der Waals surface area contributed by atoms with Crippen molar-refractivity contribution in [3.8, 4) is 0 Å². The van der Waals surface area contributed by atoms with Gasteiger partial charge in [0.25, 0.3) is 11.6 Å². The summed E-state index contributed by atoms with van der Waals surface area (Å²) in [5, 5.41) is 13.9. The van der Waals surface area contributed by atoms with Crippen LogP contribution < -0.4 is 10.2 Å². The lowest BCUT2D eigenvalue weighted by Crippen LogP contribution is -3.19. The predicted octanol–water partition coefficient (Wildman–Crippen LogP) is -0.825. The Morgan fingerprint density at radius 2 is 2.04 bits per heavy atom. The van der Waals surface area contributed by atoms with Crippen LogP contribution in [0.15, 0.2) is 41.8 Å². The molecule has 0 unspecified atom stereocenters. The van der Waals surface area contributed by atoms with Gasteiger partial charge in [-0.3, -0.25) is 14.9 Å². The lowest BCUT2D eigenvalue weighted by Gasteiger charge is -2.34. The van der Waals surface area contributed by atoms with Crippen LogP contribution in [0.1, 0.15) is 6.92 Å². The van der Waals surface area contributed by atoms with E-state index >= 15 is 0 Å². The maximum atomic E-state index is 12.8. The average molecular weight is 383 g/mol. The highest BCUT2D eigenvalue weighted by Gasteiger charge is 2.37. The Balaban J connectivity index is 2.09. The average Bonchev–Trinajstić information content (AvgIpc) is 2.65. The van der Waals surface area contributed by atoms with Crippen molar-refractivity contribution in [1.29, 1.82) is 0 Å². The van der Waals surface area contributed by atoms with Crippen LogP contribution in [-0.4, -0.2) is 62.3 Å². The molecular weight excluding hydrogens is 360 g/mol. The molecule has 1 aromatic rings. The monoisotopic (exact) mass is 383 g/mol. The zero-order valence-corrected chi connectivity index (χ0v) is 15.4. The summed E-state index contributed by atoms with van der Waals surface area (Å²) in [7, 11) is -3.96. The maximum Gasteiger partial charge on any atom is 0.289 e. The molecule has 1 amide bonds. The third kappa shape index (κ3) is 4.26. The molecule has 0 radical (unpaired) electrons. The molecule has 26 heavy (non-hydrogen) atoms.